The topological polar surface area (TPSA) is 237 Å². The molecule has 0 aliphatic heterocycles. The SMILES string of the molecule is CC/C=C\C/C=C\C/C=C\C/C=C\C/C=C\C/C=C\CCC(=O)O[C@H](COC(=O)CCCCC/C=C\C/C=C\C/C=C\C/C=C\C/C=C\CC)COP(=O)(O)OC[C@@H](O)COP(=O)(O)OC[C@@H](COC(=O)CCCCCCC/C=C\C/C=C\CCCCC)OC(=O)CC/C=C\C/C=C\C/C=C\C/C=C\C/C=C\CCCCC. The molecule has 0 saturated carbocycles. The summed E-state index contributed by atoms with van der Waals surface area (Å²) in [6, 6.07) is 0. The van der Waals surface area contributed by atoms with Crippen LogP contribution in [0.1, 0.15) is 285 Å². The Balaban J connectivity index is 5.60. The van der Waals surface area contributed by atoms with Crippen molar-refractivity contribution in [3.05, 3.63) is 219 Å². The van der Waals surface area contributed by atoms with E-state index >= 15 is 0 Å². The molecule has 0 spiro atoms. The van der Waals surface area contributed by atoms with E-state index in [4.69, 9.17) is 37.0 Å². The zero-order valence-corrected chi connectivity index (χ0v) is 70.8. The second-order valence-electron chi connectivity index (χ2n) is 26.9. The summed E-state index contributed by atoms with van der Waals surface area (Å²) in [5, 5.41) is 10.7. The molecule has 0 rings (SSSR count). The van der Waals surface area contributed by atoms with Crippen molar-refractivity contribution in [2.75, 3.05) is 39.6 Å². The van der Waals surface area contributed by atoms with Crippen LogP contribution in [0.25, 0.3) is 0 Å². The Morgan fingerprint density at radius 2 is 0.482 bits per heavy atom. The number of phosphoric acid groups is 2. The number of carbonyl (C=O) groups is 4. The van der Waals surface area contributed by atoms with Gasteiger partial charge in [0.2, 0.25) is 0 Å². The Morgan fingerprint density at radius 1 is 0.259 bits per heavy atom. The predicted octanol–water partition coefficient (Wildman–Crippen LogP) is 25.2. The number of ether oxygens (including phenoxy) is 4. The molecule has 17 nitrogen and oxygen atoms in total. The Kier molecular flexibility index (Phi) is 77.5. The lowest BCUT2D eigenvalue weighted by Gasteiger charge is -2.21. The average Bonchev–Trinajstić information content (AvgIpc) is 0.907. The highest BCUT2D eigenvalue weighted by Gasteiger charge is 2.30. The van der Waals surface area contributed by atoms with Crippen molar-refractivity contribution in [2.45, 2.75) is 303 Å². The number of unbranched alkanes of at least 4 members (excludes halogenated alkanes) is 14. The van der Waals surface area contributed by atoms with Gasteiger partial charge in [-0.25, -0.2) is 9.13 Å². The van der Waals surface area contributed by atoms with Gasteiger partial charge >= 0.3 is 39.5 Å². The van der Waals surface area contributed by atoms with Crippen LogP contribution in [-0.2, 0) is 65.4 Å². The Morgan fingerprint density at radius 3 is 0.759 bits per heavy atom. The molecule has 0 saturated heterocycles. The lowest BCUT2D eigenvalue weighted by molar-refractivity contribution is -0.161. The highest BCUT2D eigenvalue weighted by atomic mass is 31.2. The van der Waals surface area contributed by atoms with Crippen LogP contribution in [0.2, 0.25) is 0 Å². The molecule has 0 bridgehead atoms. The molecule has 0 aromatic rings. The van der Waals surface area contributed by atoms with Gasteiger partial charge in [-0.1, -0.05) is 298 Å². The summed E-state index contributed by atoms with van der Waals surface area (Å²) in [6.07, 6.45) is 105. The fourth-order valence-corrected chi connectivity index (χ4v) is 11.7. The van der Waals surface area contributed by atoms with Gasteiger partial charge in [0, 0.05) is 25.7 Å². The van der Waals surface area contributed by atoms with Crippen molar-refractivity contribution in [1.82, 2.24) is 0 Å². The highest BCUT2D eigenvalue weighted by Crippen LogP contribution is 2.45. The Labute approximate surface area is 677 Å². The lowest BCUT2D eigenvalue weighted by Crippen LogP contribution is -2.30. The van der Waals surface area contributed by atoms with Crippen LogP contribution in [0, 0.1) is 0 Å². The van der Waals surface area contributed by atoms with Gasteiger partial charge in [-0.3, -0.25) is 37.3 Å². The van der Waals surface area contributed by atoms with Crippen molar-refractivity contribution in [3.63, 3.8) is 0 Å². The van der Waals surface area contributed by atoms with Crippen LogP contribution in [0.5, 0.6) is 0 Å². The summed E-state index contributed by atoms with van der Waals surface area (Å²) >= 11 is 0. The fourth-order valence-electron chi connectivity index (χ4n) is 10.1. The summed E-state index contributed by atoms with van der Waals surface area (Å²) < 4.78 is 68.5. The number of carbonyl (C=O) groups excluding carboxylic acids is 4. The largest absolute Gasteiger partial charge is 0.472 e. The second-order valence-corrected chi connectivity index (χ2v) is 29.8. The fraction of sp³-hybridized carbons (Fsp3) is 0.570. The third kappa shape index (κ3) is 81.4. The number of hydrogen-bond donors (Lipinski definition) is 3. The third-order valence-corrected chi connectivity index (χ3v) is 18.3. The molecule has 112 heavy (non-hydrogen) atoms. The van der Waals surface area contributed by atoms with Gasteiger partial charge in [0.15, 0.2) is 12.2 Å². The molecule has 0 aromatic carbocycles. The average molecular weight is 1600 g/mol. The number of esters is 4. The molecule has 0 radical (unpaired) electrons. The summed E-state index contributed by atoms with van der Waals surface area (Å²) in [6.45, 7) is 4.34. The minimum atomic E-state index is -5.03. The van der Waals surface area contributed by atoms with E-state index in [1.54, 1.807) is 0 Å². The molecular weight excluding hydrogens is 1450 g/mol. The number of hydrogen-bond acceptors (Lipinski definition) is 15. The van der Waals surface area contributed by atoms with E-state index in [9.17, 15) is 43.2 Å². The minimum absolute atomic E-state index is 0.0429. The number of aliphatic hydroxyl groups excluding tert-OH is 1. The van der Waals surface area contributed by atoms with E-state index in [1.165, 1.54) is 38.5 Å². The molecule has 0 amide bonds. The first-order valence-electron chi connectivity index (χ1n) is 42.0. The quantitative estimate of drug-likeness (QED) is 0.0169. The molecule has 0 aromatic heterocycles. The van der Waals surface area contributed by atoms with E-state index < -0.39 is 97.5 Å². The maximum atomic E-state index is 13.1. The normalized spacial score (nSPS) is 14.9. The van der Waals surface area contributed by atoms with Crippen LogP contribution in [0.4, 0.5) is 0 Å². The van der Waals surface area contributed by atoms with Crippen LogP contribution in [-0.4, -0.2) is 96.7 Å². The molecule has 0 fully saturated rings. The number of phosphoric ester groups is 2. The molecule has 0 heterocycles. The smallest absolute Gasteiger partial charge is 0.462 e. The maximum absolute atomic E-state index is 13.1. The Hall–Kier alpha value is -6.62. The van der Waals surface area contributed by atoms with Crippen LogP contribution in [0.3, 0.4) is 0 Å². The van der Waals surface area contributed by atoms with Gasteiger partial charge in [-0.2, -0.15) is 0 Å². The van der Waals surface area contributed by atoms with Gasteiger partial charge in [0.25, 0.3) is 0 Å². The predicted molar refractivity (Wildman–Crippen MR) is 463 cm³/mol. The van der Waals surface area contributed by atoms with Gasteiger partial charge in [-0.15, -0.1) is 0 Å². The summed E-state index contributed by atoms with van der Waals surface area (Å²) in [5.74, 6) is -2.45. The molecule has 2 unspecified atom stereocenters. The van der Waals surface area contributed by atoms with Crippen molar-refractivity contribution in [1.29, 1.82) is 0 Å². The van der Waals surface area contributed by atoms with E-state index in [0.29, 0.717) is 38.5 Å². The molecule has 19 heteroatoms. The number of allylic oxidation sites excluding steroid dienone is 36. The van der Waals surface area contributed by atoms with E-state index in [-0.39, 0.29) is 25.7 Å². The van der Waals surface area contributed by atoms with Gasteiger partial charge in [-0.05, 0) is 180 Å². The molecule has 630 valence electrons. The first-order chi connectivity index (χ1) is 54.7. The van der Waals surface area contributed by atoms with Crippen LogP contribution in [0.15, 0.2) is 219 Å². The number of rotatable bonds is 76. The molecule has 3 N–H and O–H groups in total. The lowest BCUT2D eigenvalue weighted by atomic mass is 10.1. The highest BCUT2D eigenvalue weighted by molar-refractivity contribution is 7.47. The summed E-state index contributed by atoms with van der Waals surface area (Å²) in [5.41, 5.74) is 0. The number of aliphatic hydroxyl groups is 1. The monoisotopic (exact) mass is 1600 g/mol. The zero-order chi connectivity index (χ0) is 81.7. The first kappa shape index (κ1) is 105. The van der Waals surface area contributed by atoms with Gasteiger partial charge < -0.3 is 33.8 Å². The van der Waals surface area contributed by atoms with Crippen LogP contribution >= 0.6 is 15.6 Å². The van der Waals surface area contributed by atoms with E-state index in [2.05, 4.69) is 210 Å². The standard InChI is InChI=1S/C93H146O17P2/c1-5-9-13-17-21-25-29-33-37-40-43-46-50-54-58-62-66-70-74-78-91(96)104-84-89(110-93(98)80-76-72-68-64-60-56-52-48-45-42-39-35-31-27-23-19-15-11-7-3)86-108-112(101,102)106-82-87(94)81-105-111(99,100)107-85-88(83-103-90(95)77-73-69-65-61-57-53-49-36-32-28-24-20-16-12-8-4)109-92(97)79-75-71-67-63-59-55-51-47-44-41-38-34-30-26-22-18-14-10-6-2/h9,11,13,15,21-28,33-39,43-49,54-56,58-60,67-68,71-72,87-89,94H,5-8,10,12,14,16-20,29-32,40-42,50-53,57,61-66,69-70,73-86H2,1-4H3,(H,99,100)(H,101,102)/b13-9-,15-11-,25-21-,26-22-,27-23-,28-24-,37-33-,38-34-,39-35-,46-43-,47-44-,48-45-,49-36-,58-54-,59-55-,60-56-,71-67-,72-68-/t87-,88+,89+/m0/s1. The first-order valence-corrected chi connectivity index (χ1v) is 45.0. The van der Waals surface area contributed by atoms with Crippen molar-refractivity contribution in [3.8, 4) is 0 Å². The van der Waals surface area contributed by atoms with E-state index in [1.807, 2.05) is 36.5 Å². The van der Waals surface area contributed by atoms with Gasteiger partial charge in [0.05, 0.1) is 26.4 Å². The second kappa shape index (κ2) is 82.4. The summed E-state index contributed by atoms with van der Waals surface area (Å²) in [4.78, 5) is 73.2. The molecular formula is C93H146O17P2. The van der Waals surface area contributed by atoms with Gasteiger partial charge in [0.1, 0.15) is 19.3 Å². The molecule has 5 atom stereocenters. The van der Waals surface area contributed by atoms with E-state index in [0.717, 1.165) is 154 Å². The van der Waals surface area contributed by atoms with Crippen molar-refractivity contribution >= 4 is 39.5 Å². The van der Waals surface area contributed by atoms with Crippen molar-refractivity contribution in [2.24, 2.45) is 0 Å². The third-order valence-electron chi connectivity index (χ3n) is 16.4. The Bertz CT molecular complexity index is 2990. The molecule has 0 aliphatic rings. The van der Waals surface area contributed by atoms with Crippen LogP contribution < -0.4 is 0 Å². The van der Waals surface area contributed by atoms with Crippen molar-refractivity contribution < 1.29 is 80.2 Å². The minimum Gasteiger partial charge on any atom is -0.462 e. The maximum Gasteiger partial charge on any atom is 0.472 e. The summed E-state index contributed by atoms with van der Waals surface area (Å²) in [7, 11) is -10.1. The molecule has 0 aliphatic carbocycles. The zero-order valence-electron chi connectivity index (χ0n) is 69.0.